The van der Waals surface area contributed by atoms with E-state index in [1.165, 1.54) is 10.9 Å². The number of aromatic amines is 1. The molecule has 4 rings (SSSR count). The Bertz CT molecular complexity index is 1080. The van der Waals surface area contributed by atoms with E-state index in [4.69, 9.17) is 5.11 Å². The van der Waals surface area contributed by atoms with Gasteiger partial charge in [0.15, 0.2) is 0 Å². The number of para-hydroxylation sites is 1. The van der Waals surface area contributed by atoms with Gasteiger partial charge < -0.3 is 19.6 Å². The predicted molar refractivity (Wildman–Crippen MR) is 101 cm³/mol. The molecule has 0 aliphatic heterocycles. The van der Waals surface area contributed by atoms with Crippen molar-refractivity contribution in [1.82, 2.24) is 19.4 Å². The third-order valence-corrected chi connectivity index (χ3v) is 4.63. The van der Waals surface area contributed by atoms with Gasteiger partial charge in [-0.05, 0) is 35.7 Å². The fourth-order valence-corrected chi connectivity index (χ4v) is 3.19. The number of carbonyl (C=O) groups is 1. The van der Waals surface area contributed by atoms with E-state index in [1.54, 1.807) is 23.1 Å². The van der Waals surface area contributed by atoms with Crippen molar-refractivity contribution in [2.75, 3.05) is 13.6 Å². The van der Waals surface area contributed by atoms with Crippen LogP contribution in [0.5, 0.6) is 0 Å². The van der Waals surface area contributed by atoms with E-state index in [9.17, 15) is 4.79 Å². The highest BCUT2D eigenvalue weighted by molar-refractivity contribution is 5.97. The van der Waals surface area contributed by atoms with Crippen LogP contribution in [-0.2, 0) is 13.2 Å². The van der Waals surface area contributed by atoms with Crippen molar-refractivity contribution < 1.29 is 9.90 Å². The number of rotatable bonds is 5. The second kappa shape index (κ2) is 6.65. The van der Waals surface area contributed by atoms with E-state index in [0.29, 0.717) is 17.9 Å². The second-order valence-corrected chi connectivity index (χ2v) is 6.37. The van der Waals surface area contributed by atoms with Crippen LogP contribution in [0, 0.1) is 0 Å². The number of aliphatic hydroxyl groups excluding tert-OH is 1. The number of hydrogen-bond acceptors (Lipinski definition) is 3. The highest BCUT2D eigenvalue weighted by Gasteiger charge is 2.13. The molecule has 6 nitrogen and oxygen atoms in total. The third kappa shape index (κ3) is 2.95. The lowest BCUT2D eigenvalue weighted by atomic mass is 10.2. The molecular formula is C20H20N4O2. The van der Waals surface area contributed by atoms with Gasteiger partial charge in [0, 0.05) is 37.4 Å². The molecule has 2 aromatic carbocycles. The van der Waals surface area contributed by atoms with Crippen LogP contribution in [0.3, 0.4) is 0 Å². The number of amides is 1. The summed E-state index contributed by atoms with van der Waals surface area (Å²) < 4.78 is 2.16. The number of fused-ring (bicyclic) bond motifs is 2. The highest BCUT2D eigenvalue weighted by Crippen LogP contribution is 2.17. The lowest BCUT2D eigenvalue weighted by molar-refractivity contribution is 0.0791. The summed E-state index contributed by atoms with van der Waals surface area (Å²) in [5.41, 5.74) is 3.27. The van der Waals surface area contributed by atoms with E-state index in [-0.39, 0.29) is 12.5 Å². The molecule has 26 heavy (non-hydrogen) atoms. The first-order chi connectivity index (χ1) is 12.7. The van der Waals surface area contributed by atoms with Crippen molar-refractivity contribution >= 4 is 27.8 Å². The number of H-pyrrole nitrogens is 1. The monoisotopic (exact) mass is 348 g/mol. The van der Waals surface area contributed by atoms with Gasteiger partial charge in [0.1, 0.15) is 12.4 Å². The Kier molecular flexibility index (Phi) is 4.18. The molecule has 0 unspecified atom stereocenters. The summed E-state index contributed by atoms with van der Waals surface area (Å²) in [4.78, 5) is 21.7. The molecule has 0 bridgehead atoms. The number of nitrogens with zero attached hydrogens (tertiary/aromatic N) is 3. The summed E-state index contributed by atoms with van der Waals surface area (Å²) in [5, 5.41) is 10.4. The normalized spacial score (nSPS) is 11.3. The van der Waals surface area contributed by atoms with Crippen molar-refractivity contribution in [2.24, 2.45) is 0 Å². The maximum absolute atomic E-state index is 12.7. The summed E-state index contributed by atoms with van der Waals surface area (Å²) >= 11 is 0. The van der Waals surface area contributed by atoms with Crippen LogP contribution in [0.4, 0.5) is 0 Å². The van der Waals surface area contributed by atoms with E-state index < -0.39 is 0 Å². The molecule has 0 spiro atoms. The third-order valence-electron chi connectivity index (χ3n) is 4.63. The van der Waals surface area contributed by atoms with Crippen LogP contribution >= 0.6 is 0 Å². The second-order valence-electron chi connectivity index (χ2n) is 6.37. The number of aromatic nitrogens is 3. The first-order valence-electron chi connectivity index (χ1n) is 8.54. The Balaban J connectivity index is 1.49. The maximum Gasteiger partial charge on any atom is 0.253 e. The predicted octanol–water partition coefficient (Wildman–Crippen LogP) is 2.78. The first kappa shape index (κ1) is 16.4. The average Bonchev–Trinajstić information content (AvgIpc) is 3.28. The number of nitrogens with one attached hydrogen (secondary N) is 1. The van der Waals surface area contributed by atoms with Crippen LogP contribution in [0.2, 0.25) is 0 Å². The molecular weight excluding hydrogens is 328 g/mol. The molecule has 2 N–H and O–H groups in total. The number of likely N-dealkylation sites (N-methyl/N-ethyl adjacent to an activating group) is 1. The zero-order valence-corrected chi connectivity index (χ0v) is 14.5. The van der Waals surface area contributed by atoms with Gasteiger partial charge in [-0.15, -0.1) is 0 Å². The summed E-state index contributed by atoms with van der Waals surface area (Å²) in [6.45, 7) is 1.19. The van der Waals surface area contributed by atoms with Crippen molar-refractivity contribution in [2.45, 2.75) is 13.2 Å². The largest absolute Gasteiger partial charge is 0.388 e. The van der Waals surface area contributed by atoms with Gasteiger partial charge >= 0.3 is 0 Å². The Morgan fingerprint density at radius 2 is 2.08 bits per heavy atom. The topological polar surface area (TPSA) is 74.2 Å². The van der Waals surface area contributed by atoms with E-state index in [1.807, 2.05) is 19.2 Å². The van der Waals surface area contributed by atoms with E-state index in [2.05, 4.69) is 38.9 Å². The SMILES string of the molecule is CN(CCn1ccc2ccccc21)C(=O)c1ccc2nc(CO)[nH]c2c1. The summed E-state index contributed by atoms with van der Waals surface area (Å²) in [7, 11) is 1.81. The van der Waals surface area contributed by atoms with Crippen LogP contribution in [0.1, 0.15) is 16.2 Å². The molecule has 0 aliphatic rings. The van der Waals surface area contributed by atoms with Gasteiger partial charge in [-0.3, -0.25) is 4.79 Å². The molecule has 2 heterocycles. The highest BCUT2D eigenvalue weighted by atomic mass is 16.3. The van der Waals surface area contributed by atoms with Crippen LogP contribution in [-0.4, -0.2) is 44.0 Å². The van der Waals surface area contributed by atoms with Gasteiger partial charge in [0.25, 0.3) is 5.91 Å². The van der Waals surface area contributed by atoms with Gasteiger partial charge in [-0.1, -0.05) is 18.2 Å². The zero-order chi connectivity index (χ0) is 18.1. The van der Waals surface area contributed by atoms with Crippen LogP contribution < -0.4 is 0 Å². The first-order valence-corrected chi connectivity index (χ1v) is 8.54. The van der Waals surface area contributed by atoms with E-state index in [0.717, 1.165) is 17.6 Å². The Morgan fingerprint density at radius 1 is 1.23 bits per heavy atom. The number of aliphatic hydroxyl groups is 1. The molecule has 0 atom stereocenters. The quantitative estimate of drug-likeness (QED) is 0.582. The number of hydrogen-bond donors (Lipinski definition) is 2. The van der Waals surface area contributed by atoms with Gasteiger partial charge in [0.05, 0.1) is 11.0 Å². The number of imidazole rings is 1. The molecule has 6 heteroatoms. The van der Waals surface area contributed by atoms with E-state index >= 15 is 0 Å². The lowest BCUT2D eigenvalue weighted by Gasteiger charge is -2.18. The van der Waals surface area contributed by atoms with Crippen molar-refractivity contribution in [3.05, 3.63) is 66.1 Å². The minimum atomic E-state index is -0.150. The molecule has 2 aromatic heterocycles. The fourth-order valence-electron chi connectivity index (χ4n) is 3.19. The molecule has 0 radical (unpaired) electrons. The zero-order valence-electron chi connectivity index (χ0n) is 14.5. The van der Waals surface area contributed by atoms with Crippen molar-refractivity contribution in [3.8, 4) is 0 Å². The molecule has 1 amide bonds. The molecule has 4 aromatic rings. The Hall–Kier alpha value is -3.12. The smallest absolute Gasteiger partial charge is 0.253 e. The molecule has 0 fully saturated rings. The molecule has 0 aliphatic carbocycles. The van der Waals surface area contributed by atoms with Crippen LogP contribution in [0.25, 0.3) is 21.9 Å². The fraction of sp³-hybridized carbons (Fsp3) is 0.200. The molecule has 0 saturated carbocycles. The lowest BCUT2D eigenvalue weighted by Crippen LogP contribution is -2.29. The Labute approximate surface area is 150 Å². The van der Waals surface area contributed by atoms with Crippen LogP contribution in [0.15, 0.2) is 54.7 Å². The molecule has 0 saturated heterocycles. The van der Waals surface area contributed by atoms with Crippen molar-refractivity contribution in [1.29, 1.82) is 0 Å². The van der Waals surface area contributed by atoms with Crippen molar-refractivity contribution in [3.63, 3.8) is 0 Å². The average molecular weight is 348 g/mol. The van der Waals surface area contributed by atoms with Gasteiger partial charge in [0.2, 0.25) is 0 Å². The van der Waals surface area contributed by atoms with Gasteiger partial charge in [-0.2, -0.15) is 0 Å². The minimum Gasteiger partial charge on any atom is -0.388 e. The van der Waals surface area contributed by atoms with Gasteiger partial charge in [-0.25, -0.2) is 4.98 Å². The minimum absolute atomic E-state index is 0.0384. The summed E-state index contributed by atoms with van der Waals surface area (Å²) in [5.74, 6) is 0.459. The standard InChI is InChI=1S/C20H20N4O2/c1-23(10-11-24-9-8-14-4-2-3-5-18(14)24)20(26)15-6-7-16-17(12-15)22-19(13-25)21-16/h2-9,12,25H,10-11,13H2,1H3,(H,21,22). The maximum atomic E-state index is 12.7. The Morgan fingerprint density at radius 3 is 2.92 bits per heavy atom. The number of benzene rings is 2. The number of carbonyl (C=O) groups excluding carboxylic acids is 1. The summed E-state index contributed by atoms with van der Waals surface area (Å²) in [6.07, 6.45) is 2.05. The summed E-state index contributed by atoms with van der Waals surface area (Å²) in [6, 6.07) is 15.7. The molecule has 132 valence electrons.